The number of carboxylic acid groups (broad SMARTS) is 1. The third-order valence-electron chi connectivity index (χ3n) is 4.70. The number of carbonyl (C=O) groups is 2. The standard InChI is InChI=1S/C21H30F2O3/c1-3-4-9-13-21(22,23)14-12-17-16(2)15-19(24)18(17)10-7-5-6-8-11-20(25)26/h5,7,12,14,17-18H,2-4,6,8-11,13,15H2,1H3,(H,25,26)/t17-,18+/m0/s1. The lowest BCUT2D eigenvalue weighted by atomic mass is 9.89. The fraction of sp³-hybridized carbons (Fsp3) is 0.619. The third-order valence-corrected chi connectivity index (χ3v) is 4.70. The second-order valence-corrected chi connectivity index (χ2v) is 7.00. The number of hydrogen-bond acceptors (Lipinski definition) is 2. The van der Waals surface area contributed by atoms with Crippen LogP contribution < -0.4 is 0 Å². The van der Waals surface area contributed by atoms with Gasteiger partial charge >= 0.3 is 5.97 Å². The highest BCUT2D eigenvalue weighted by atomic mass is 19.3. The summed E-state index contributed by atoms with van der Waals surface area (Å²) in [6.45, 7) is 5.86. The molecule has 0 radical (unpaired) electrons. The molecule has 0 unspecified atom stereocenters. The van der Waals surface area contributed by atoms with Crippen molar-refractivity contribution < 1.29 is 23.5 Å². The summed E-state index contributed by atoms with van der Waals surface area (Å²) in [5.41, 5.74) is 0.694. The highest BCUT2D eigenvalue weighted by Gasteiger charge is 2.36. The van der Waals surface area contributed by atoms with E-state index in [2.05, 4.69) is 6.58 Å². The molecular weight excluding hydrogens is 338 g/mol. The summed E-state index contributed by atoms with van der Waals surface area (Å²) in [6, 6.07) is 0. The highest BCUT2D eigenvalue weighted by Crippen LogP contribution is 2.37. The number of rotatable bonds is 12. The largest absolute Gasteiger partial charge is 0.481 e. The van der Waals surface area contributed by atoms with Gasteiger partial charge in [0.1, 0.15) is 5.78 Å². The van der Waals surface area contributed by atoms with Crippen LogP contribution in [0.1, 0.15) is 64.7 Å². The first-order valence-corrected chi connectivity index (χ1v) is 9.41. The molecule has 0 aromatic heterocycles. The lowest BCUT2D eigenvalue weighted by molar-refractivity contribution is -0.137. The zero-order chi connectivity index (χ0) is 19.6. The summed E-state index contributed by atoms with van der Waals surface area (Å²) in [4.78, 5) is 22.6. The van der Waals surface area contributed by atoms with Crippen LogP contribution >= 0.6 is 0 Å². The summed E-state index contributed by atoms with van der Waals surface area (Å²) >= 11 is 0. The Morgan fingerprint density at radius 1 is 1.31 bits per heavy atom. The van der Waals surface area contributed by atoms with Crippen LogP contribution in [-0.4, -0.2) is 22.8 Å². The van der Waals surface area contributed by atoms with Gasteiger partial charge in [0.15, 0.2) is 0 Å². The van der Waals surface area contributed by atoms with Crippen molar-refractivity contribution in [2.45, 2.75) is 70.6 Å². The lowest BCUT2D eigenvalue weighted by Gasteiger charge is -2.16. The number of aliphatic carboxylic acids is 1. The number of carboxylic acids is 1. The quantitative estimate of drug-likeness (QED) is 0.354. The molecule has 0 amide bonds. The van der Waals surface area contributed by atoms with Gasteiger partial charge in [0.25, 0.3) is 5.92 Å². The minimum atomic E-state index is -2.85. The van der Waals surface area contributed by atoms with Crippen molar-refractivity contribution in [1.82, 2.24) is 0 Å². The Balaban J connectivity index is 2.59. The van der Waals surface area contributed by atoms with Gasteiger partial charge in [-0.25, -0.2) is 8.78 Å². The zero-order valence-corrected chi connectivity index (χ0v) is 15.6. The molecule has 0 heterocycles. The minimum Gasteiger partial charge on any atom is -0.481 e. The van der Waals surface area contributed by atoms with Crippen molar-refractivity contribution in [3.8, 4) is 0 Å². The Kier molecular flexibility index (Phi) is 9.46. The number of alkyl halides is 2. The van der Waals surface area contributed by atoms with Crippen molar-refractivity contribution in [3.05, 3.63) is 36.5 Å². The molecule has 0 saturated heterocycles. The first-order valence-electron chi connectivity index (χ1n) is 9.41. The molecule has 1 N–H and O–H groups in total. The smallest absolute Gasteiger partial charge is 0.303 e. The van der Waals surface area contributed by atoms with Gasteiger partial charge in [0.2, 0.25) is 0 Å². The second kappa shape index (κ2) is 11.0. The van der Waals surface area contributed by atoms with Crippen LogP contribution in [0.25, 0.3) is 0 Å². The average molecular weight is 368 g/mol. The molecule has 26 heavy (non-hydrogen) atoms. The van der Waals surface area contributed by atoms with Crippen LogP contribution in [0.2, 0.25) is 0 Å². The van der Waals surface area contributed by atoms with Crippen molar-refractivity contribution in [3.63, 3.8) is 0 Å². The summed E-state index contributed by atoms with van der Waals surface area (Å²) in [5.74, 6) is -4.33. The zero-order valence-electron chi connectivity index (χ0n) is 15.6. The molecule has 0 aromatic rings. The molecule has 146 valence electrons. The molecule has 1 fully saturated rings. The number of halogens is 2. The normalized spacial score (nSPS) is 21.3. The van der Waals surface area contributed by atoms with Gasteiger partial charge in [-0.1, -0.05) is 50.1 Å². The summed E-state index contributed by atoms with van der Waals surface area (Å²) in [5, 5.41) is 8.59. The number of ketones is 1. The predicted octanol–water partition coefficient (Wildman–Crippen LogP) is 5.72. The molecule has 5 heteroatoms. The van der Waals surface area contributed by atoms with Crippen LogP contribution in [0.4, 0.5) is 8.78 Å². The summed E-state index contributed by atoms with van der Waals surface area (Å²) in [7, 11) is 0. The van der Waals surface area contributed by atoms with Crippen LogP contribution in [-0.2, 0) is 9.59 Å². The molecule has 2 atom stereocenters. The van der Waals surface area contributed by atoms with Gasteiger partial charge in [0, 0.05) is 31.1 Å². The maximum atomic E-state index is 13.9. The van der Waals surface area contributed by atoms with E-state index >= 15 is 0 Å². The lowest BCUT2D eigenvalue weighted by Crippen LogP contribution is -2.16. The second-order valence-electron chi connectivity index (χ2n) is 7.00. The Morgan fingerprint density at radius 3 is 2.69 bits per heavy atom. The molecule has 0 spiro atoms. The van der Waals surface area contributed by atoms with E-state index in [1.165, 1.54) is 6.08 Å². The fourth-order valence-electron chi connectivity index (χ4n) is 3.18. The first kappa shape index (κ1) is 22.3. The van der Waals surface area contributed by atoms with Gasteiger partial charge in [-0.15, -0.1) is 0 Å². The van der Waals surface area contributed by atoms with E-state index in [0.29, 0.717) is 31.3 Å². The highest BCUT2D eigenvalue weighted by molar-refractivity contribution is 5.87. The van der Waals surface area contributed by atoms with Gasteiger partial charge in [-0.3, -0.25) is 9.59 Å². The fourth-order valence-corrected chi connectivity index (χ4v) is 3.18. The Hall–Kier alpha value is -1.78. The van der Waals surface area contributed by atoms with Crippen LogP contribution in [0.15, 0.2) is 36.5 Å². The number of unbranched alkanes of at least 4 members (excludes halogenated alkanes) is 3. The van der Waals surface area contributed by atoms with Crippen molar-refractivity contribution >= 4 is 11.8 Å². The monoisotopic (exact) mass is 368 g/mol. The molecule has 1 rings (SSSR count). The van der Waals surface area contributed by atoms with E-state index in [9.17, 15) is 18.4 Å². The van der Waals surface area contributed by atoms with Gasteiger partial charge < -0.3 is 5.11 Å². The van der Waals surface area contributed by atoms with E-state index in [1.54, 1.807) is 0 Å². The average Bonchev–Trinajstić information content (AvgIpc) is 2.82. The SMILES string of the molecule is C=C1CC(=O)[C@H](CC=CCCCC(=O)O)[C@H]1C=CC(F)(F)CCCCC. The van der Waals surface area contributed by atoms with Crippen LogP contribution in [0.3, 0.4) is 0 Å². The summed E-state index contributed by atoms with van der Waals surface area (Å²) in [6.07, 6.45) is 10.1. The van der Waals surface area contributed by atoms with Crippen molar-refractivity contribution in [1.29, 1.82) is 0 Å². The van der Waals surface area contributed by atoms with E-state index in [4.69, 9.17) is 5.11 Å². The van der Waals surface area contributed by atoms with E-state index < -0.39 is 11.9 Å². The summed E-state index contributed by atoms with van der Waals surface area (Å²) < 4.78 is 27.9. The molecule has 1 aliphatic carbocycles. The van der Waals surface area contributed by atoms with E-state index in [0.717, 1.165) is 18.9 Å². The third kappa shape index (κ3) is 8.07. The Morgan fingerprint density at radius 2 is 2.04 bits per heavy atom. The molecule has 0 aromatic carbocycles. The predicted molar refractivity (Wildman–Crippen MR) is 99.2 cm³/mol. The van der Waals surface area contributed by atoms with Crippen LogP contribution in [0.5, 0.6) is 0 Å². The van der Waals surface area contributed by atoms with Gasteiger partial charge in [-0.05, 0) is 31.8 Å². The van der Waals surface area contributed by atoms with Crippen molar-refractivity contribution in [2.75, 3.05) is 0 Å². The number of hydrogen-bond donors (Lipinski definition) is 1. The molecule has 3 nitrogen and oxygen atoms in total. The molecule has 0 aliphatic heterocycles. The first-order chi connectivity index (χ1) is 12.3. The molecule has 1 aliphatic rings. The van der Waals surface area contributed by atoms with Gasteiger partial charge in [-0.2, -0.15) is 0 Å². The maximum absolute atomic E-state index is 13.9. The van der Waals surface area contributed by atoms with Crippen LogP contribution in [0, 0.1) is 11.8 Å². The maximum Gasteiger partial charge on any atom is 0.303 e. The van der Waals surface area contributed by atoms with E-state index in [-0.39, 0.29) is 36.9 Å². The van der Waals surface area contributed by atoms with Gasteiger partial charge in [0.05, 0.1) is 0 Å². The van der Waals surface area contributed by atoms with E-state index in [1.807, 2.05) is 19.1 Å². The molecular formula is C21H30F2O3. The molecule has 0 bridgehead atoms. The van der Waals surface area contributed by atoms with Crippen molar-refractivity contribution in [2.24, 2.45) is 11.8 Å². The topological polar surface area (TPSA) is 54.4 Å². The minimum absolute atomic E-state index is 0.0362. The number of Topliss-reactive ketones (excluding diaryl/α,β-unsaturated/α-hetero) is 1. The Labute approximate surface area is 154 Å². The Bertz CT molecular complexity index is 549. The molecule has 1 saturated carbocycles. The number of carbonyl (C=O) groups excluding carboxylic acids is 1. The number of allylic oxidation sites excluding steroid dienone is 5.